The molecule has 0 aromatic heterocycles. The van der Waals surface area contributed by atoms with E-state index in [0.29, 0.717) is 32.7 Å². The second-order valence-electron chi connectivity index (χ2n) is 6.40. The number of hydrogen-bond donors (Lipinski definition) is 1. The maximum atomic E-state index is 12.1. The molecule has 1 aromatic carbocycles. The summed E-state index contributed by atoms with van der Waals surface area (Å²) in [6.45, 7) is 7.78. The van der Waals surface area contributed by atoms with Gasteiger partial charge in [0.2, 0.25) is 5.91 Å². The van der Waals surface area contributed by atoms with E-state index in [1.165, 1.54) is 0 Å². The molecule has 1 N–H and O–H groups in total. The fourth-order valence-electron chi connectivity index (χ4n) is 2.84. The van der Waals surface area contributed by atoms with Crippen molar-refractivity contribution in [3.63, 3.8) is 0 Å². The third-order valence-electron chi connectivity index (χ3n) is 4.32. The maximum absolute atomic E-state index is 12.1. The molecule has 6 nitrogen and oxygen atoms in total. The average molecular weight is 348 g/mol. The van der Waals surface area contributed by atoms with Gasteiger partial charge in [-0.05, 0) is 50.8 Å². The van der Waals surface area contributed by atoms with Crippen molar-refractivity contribution >= 4 is 12.0 Å². The van der Waals surface area contributed by atoms with Crippen LogP contribution in [-0.4, -0.2) is 49.2 Å². The number of carbonyl (C=O) groups excluding carboxylic acids is 2. The third kappa shape index (κ3) is 5.96. The number of ether oxygens (including phenoxy) is 2. The Morgan fingerprint density at radius 2 is 1.96 bits per heavy atom. The van der Waals surface area contributed by atoms with Crippen molar-refractivity contribution in [3.05, 3.63) is 29.3 Å². The lowest BCUT2D eigenvalue weighted by Gasteiger charge is -2.31. The SMILES string of the molecule is CCOC(=O)N1CCC(NC(=O)CCOc2cc(C)ccc2C)CC1. The molecule has 0 unspecified atom stereocenters. The number of nitrogens with zero attached hydrogens (tertiary/aromatic N) is 1. The fourth-order valence-corrected chi connectivity index (χ4v) is 2.84. The largest absolute Gasteiger partial charge is 0.493 e. The van der Waals surface area contributed by atoms with E-state index in [1.807, 2.05) is 32.0 Å². The van der Waals surface area contributed by atoms with Crippen molar-refractivity contribution in [2.75, 3.05) is 26.3 Å². The Kier molecular flexibility index (Phi) is 7.10. The van der Waals surface area contributed by atoms with Gasteiger partial charge >= 0.3 is 6.09 Å². The molecule has 0 saturated carbocycles. The van der Waals surface area contributed by atoms with Gasteiger partial charge in [0.05, 0.1) is 19.6 Å². The highest BCUT2D eigenvalue weighted by Gasteiger charge is 2.24. The zero-order valence-corrected chi connectivity index (χ0v) is 15.3. The lowest BCUT2D eigenvalue weighted by atomic mass is 10.1. The smallest absolute Gasteiger partial charge is 0.409 e. The molecule has 138 valence electrons. The normalized spacial score (nSPS) is 14.9. The highest BCUT2D eigenvalue weighted by Crippen LogP contribution is 2.19. The molecule has 0 radical (unpaired) electrons. The number of likely N-dealkylation sites (tertiary alicyclic amines) is 1. The first-order valence-corrected chi connectivity index (χ1v) is 8.90. The fraction of sp³-hybridized carbons (Fsp3) is 0.579. The maximum Gasteiger partial charge on any atom is 0.409 e. The van der Waals surface area contributed by atoms with E-state index in [-0.39, 0.29) is 18.0 Å². The van der Waals surface area contributed by atoms with Crippen LogP contribution in [0.1, 0.15) is 37.3 Å². The van der Waals surface area contributed by atoms with Gasteiger partial charge in [0.25, 0.3) is 0 Å². The molecule has 0 bridgehead atoms. The first-order valence-electron chi connectivity index (χ1n) is 8.90. The van der Waals surface area contributed by atoms with Gasteiger partial charge in [0.15, 0.2) is 0 Å². The third-order valence-corrected chi connectivity index (χ3v) is 4.32. The second kappa shape index (κ2) is 9.30. The van der Waals surface area contributed by atoms with Crippen molar-refractivity contribution in [1.82, 2.24) is 10.2 Å². The average Bonchev–Trinajstić information content (AvgIpc) is 2.59. The van der Waals surface area contributed by atoms with Gasteiger partial charge in [0.1, 0.15) is 5.75 Å². The first kappa shape index (κ1) is 19.1. The van der Waals surface area contributed by atoms with Crippen LogP contribution in [0.25, 0.3) is 0 Å². The molecule has 25 heavy (non-hydrogen) atoms. The van der Waals surface area contributed by atoms with Crippen LogP contribution < -0.4 is 10.1 Å². The van der Waals surface area contributed by atoms with Crippen molar-refractivity contribution in [2.24, 2.45) is 0 Å². The summed E-state index contributed by atoms with van der Waals surface area (Å²) in [5.74, 6) is 0.815. The predicted molar refractivity (Wildman–Crippen MR) is 95.8 cm³/mol. The Hall–Kier alpha value is -2.24. The van der Waals surface area contributed by atoms with Crippen molar-refractivity contribution in [3.8, 4) is 5.75 Å². The van der Waals surface area contributed by atoms with Crippen LogP contribution in [0, 0.1) is 13.8 Å². The van der Waals surface area contributed by atoms with E-state index in [9.17, 15) is 9.59 Å². The number of benzene rings is 1. The van der Waals surface area contributed by atoms with Crippen molar-refractivity contribution < 1.29 is 19.1 Å². The Labute approximate surface area is 149 Å². The molecule has 1 heterocycles. The number of rotatable bonds is 6. The minimum Gasteiger partial charge on any atom is -0.493 e. The summed E-state index contributed by atoms with van der Waals surface area (Å²) in [7, 11) is 0. The van der Waals surface area contributed by atoms with Gasteiger partial charge in [-0.2, -0.15) is 0 Å². The molecule has 2 amide bonds. The van der Waals surface area contributed by atoms with E-state index in [2.05, 4.69) is 5.32 Å². The number of hydrogen-bond acceptors (Lipinski definition) is 4. The Bertz CT molecular complexity index is 595. The van der Waals surface area contributed by atoms with Crippen LogP contribution in [0.15, 0.2) is 18.2 Å². The molecule has 0 atom stereocenters. The van der Waals surface area contributed by atoms with Gasteiger partial charge < -0.3 is 19.7 Å². The summed E-state index contributed by atoms with van der Waals surface area (Å²) in [5.41, 5.74) is 2.20. The van der Waals surface area contributed by atoms with Gasteiger partial charge in [-0.3, -0.25) is 4.79 Å². The van der Waals surface area contributed by atoms with Crippen LogP contribution in [0.5, 0.6) is 5.75 Å². The molecule has 1 aliphatic heterocycles. The lowest BCUT2D eigenvalue weighted by molar-refractivity contribution is -0.122. The number of nitrogens with one attached hydrogen (secondary N) is 1. The van der Waals surface area contributed by atoms with Crippen molar-refractivity contribution in [1.29, 1.82) is 0 Å². The van der Waals surface area contributed by atoms with Crippen LogP contribution in [0.3, 0.4) is 0 Å². The Morgan fingerprint density at radius 3 is 2.64 bits per heavy atom. The van der Waals surface area contributed by atoms with Gasteiger partial charge in [-0.15, -0.1) is 0 Å². The monoisotopic (exact) mass is 348 g/mol. The number of aryl methyl sites for hydroxylation is 2. The molecule has 1 saturated heterocycles. The second-order valence-corrected chi connectivity index (χ2v) is 6.40. The predicted octanol–water partition coefficient (Wildman–Crippen LogP) is 2.81. The van der Waals surface area contributed by atoms with Gasteiger partial charge in [-0.1, -0.05) is 12.1 Å². The molecule has 1 aromatic rings. The van der Waals surface area contributed by atoms with E-state index in [0.717, 1.165) is 29.7 Å². The quantitative estimate of drug-likeness (QED) is 0.858. The zero-order chi connectivity index (χ0) is 18.2. The summed E-state index contributed by atoms with van der Waals surface area (Å²) in [4.78, 5) is 25.4. The molecule has 1 aliphatic rings. The van der Waals surface area contributed by atoms with Gasteiger partial charge in [-0.25, -0.2) is 4.79 Å². The molecule has 2 rings (SSSR count). The number of piperidine rings is 1. The molecule has 0 spiro atoms. The zero-order valence-electron chi connectivity index (χ0n) is 15.3. The topological polar surface area (TPSA) is 67.9 Å². The Morgan fingerprint density at radius 1 is 1.24 bits per heavy atom. The highest BCUT2D eigenvalue weighted by molar-refractivity contribution is 5.76. The molecular weight excluding hydrogens is 320 g/mol. The van der Waals surface area contributed by atoms with E-state index >= 15 is 0 Å². The highest BCUT2D eigenvalue weighted by atomic mass is 16.6. The standard InChI is InChI=1S/C19H28N2O4/c1-4-24-19(23)21-10-7-16(8-11-21)20-18(22)9-12-25-17-13-14(2)5-6-15(17)3/h5-6,13,16H,4,7-12H2,1-3H3,(H,20,22). The van der Waals surface area contributed by atoms with Crippen LogP contribution in [0.2, 0.25) is 0 Å². The van der Waals surface area contributed by atoms with Crippen molar-refractivity contribution in [2.45, 2.75) is 46.1 Å². The summed E-state index contributed by atoms with van der Waals surface area (Å²) < 4.78 is 10.7. The van der Waals surface area contributed by atoms with E-state index in [1.54, 1.807) is 11.8 Å². The summed E-state index contributed by atoms with van der Waals surface area (Å²) in [6, 6.07) is 6.15. The lowest BCUT2D eigenvalue weighted by Crippen LogP contribution is -2.46. The van der Waals surface area contributed by atoms with E-state index < -0.39 is 0 Å². The van der Waals surface area contributed by atoms with Crippen LogP contribution in [-0.2, 0) is 9.53 Å². The summed E-state index contributed by atoms with van der Waals surface area (Å²) >= 11 is 0. The molecule has 1 fully saturated rings. The number of carbonyl (C=O) groups is 2. The van der Waals surface area contributed by atoms with E-state index in [4.69, 9.17) is 9.47 Å². The number of amides is 2. The van der Waals surface area contributed by atoms with Crippen LogP contribution >= 0.6 is 0 Å². The minimum atomic E-state index is -0.269. The Balaban J connectivity index is 1.67. The molecular formula is C19H28N2O4. The van der Waals surface area contributed by atoms with Gasteiger partial charge in [0, 0.05) is 19.1 Å². The molecule has 0 aliphatic carbocycles. The summed E-state index contributed by atoms with van der Waals surface area (Å²) in [6.07, 6.45) is 1.56. The van der Waals surface area contributed by atoms with Crippen LogP contribution in [0.4, 0.5) is 4.79 Å². The minimum absolute atomic E-state index is 0.0140. The molecule has 6 heteroatoms. The summed E-state index contributed by atoms with van der Waals surface area (Å²) in [5, 5.41) is 3.02. The first-order chi connectivity index (χ1) is 12.0.